The van der Waals surface area contributed by atoms with Crippen molar-refractivity contribution in [2.24, 2.45) is 5.73 Å². The van der Waals surface area contributed by atoms with Gasteiger partial charge in [-0.25, -0.2) is 0 Å². The molecule has 3 heteroatoms. The van der Waals surface area contributed by atoms with Crippen LogP contribution in [0, 0.1) is 0 Å². The van der Waals surface area contributed by atoms with Crippen LogP contribution in [0.3, 0.4) is 0 Å². The maximum atomic E-state index is 11.5. The number of hydrogen-bond donors (Lipinski definition) is 2. The van der Waals surface area contributed by atoms with Gasteiger partial charge in [0.15, 0.2) is 0 Å². The Morgan fingerprint density at radius 2 is 2.00 bits per heavy atom. The Morgan fingerprint density at radius 1 is 1.36 bits per heavy atom. The molecule has 14 heavy (non-hydrogen) atoms. The van der Waals surface area contributed by atoms with Gasteiger partial charge in [0, 0.05) is 17.6 Å². The number of carbonyl (C=O) groups is 1. The molecule has 1 aliphatic carbocycles. The lowest BCUT2D eigenvalue weighted by Gasteiger charge is -2.08. The van der Waals surface area contributed by atoms with E-state index >= 15 is 0 Å². The lowest BCUT2D eigenvalue weighted by atomic mass is 10.2. The highest BCUT2D eigenvalue weighted by molar-refractivity contribution is 5.91. The zero-order chi connectivity index (χ0) is 10.0. The molecule has 1 aliphatic rings. The van der Waals surface area contributed by atoms with Gasteiger partial charge in [0.2, 0.25) is 5.91 Å². The lowest BCUT2D eigenvalue weighted by molar-refractivity contribution is -0.116. The minimum atomic E-state index is -0.209. The van der Waals surface area contributed by atoms with E-state index in [9.17, 15) is 4.79 Å². The number of nitrogens with two attached hydrogens (primary N) is 1. The summed E-state index contributed by atoms with van der Waals surface area (Å²) in [6.07, 6.45) is 2.37. The first-order valence-corrected chi connectivity index (χ1v) is 4.82. The van der Waals surface area contributed by atoms with Crippen molar-refractivity contribution < 1.29 is 4.79 Å². The highest BCUT2D eigenvalue weighted by Gasteiger charge is 2.39. The van der Waals surface area contributed by atoms with Crippen LogP contribution >= 0.6 is 0 Å². The van der Waals surface area contributed by atoms with Crippen LogP contribution in [0.4, 0.5) is 5.69 Å². The number of nitrogens with one attached hydrogen (secondary N) is 1. The van der Waals surface area contributed by atoms with E-state index < -0.39 is 0 Å². The Bertz CT molecular complexity index is 330. The molecule has 0 radical (unpaired) electrons. The molecule has 3 nitrogen and oxygen atoms in total. The minimum absolute atomic E-state index is 0.0104. The number of benzene rings is 1. The normalized spacial score (nSPS) is 17.5. The first kappa shape index (κ1) is 9.21. The molecular weight excluding hydrogens is 176 g/mol. The van der Waals surface area contributed by atoms with Crippen LogP contribution in [-0.2, 0) is 4.79 Å². The third kappa shape index (κ3) is 2.33. The number of rotatable bonds is 3. The number of carbonyl (C=O) groups excluding carboxylic acids is 1. The van der Waals surface area contributed by atoms with Crippen molar-refractivity contribution in [2.75, 3.05) is 5.32 Å². The van der Waals surface area contributed by atoms with Crippen molar-refractivity contribution in [2.45, 2.75) is 24.8 Å². The molecule has 0 unspecified atom stereocenters. The van der Waals surface area contributed by atoms with Gasteiger partial charge in [0.05, 0.1) is 0 Å². The summed E-state index contributed by atoms with van der Waals surface area (Å²) in [5, 5.41) is 2.82. The monoisotopic (exact) mass is 190 g/mol. The Labute approximate surface area is 83.3 Å². The van der Waals surface area contributed by atoms with Gasteiger partial charge in [-0.1, -0.05) is 18.2 Å². The molecule has 1 aromatic carbocycles. The standard InChI is InChI=1S/C11H14N2O/c12-11(6-7-11)8-10(14)13-9-4-2-1-3-5-9/h1-5H,6-8,12H2,(H,13,14). The maximum absolute atomic E-state index is 11.5. The predicted molar refractivity (Wildman–Crippen MR) is 55.8 cm³/mol. The summed E-state index contributed by atoms with van der Waals surface area (Å²) in [6, 6.07) is 9.44. The van der Waals surface area contributed by atoms with Crippen LogP contribution in [0.2, 0.25) is 0 Å². The van der Waals surface area contributed by atoms with Crippen LogP contribution in [0.25, 0.3) is 0 Å². The largest absolute Gasteiger partial charge is 0.326 e. The molecule has 1 amide bonds. The van der Waals surface area contributed by atoms with Crippen LogP contribution in [0.5, 0.6) is 0 Å². The highest BCUT2D eigenvalue weighted by atomic mass is 16.1. The van der Waals surface area contributed by atoms with Crippen LogP contribution < -0.4 is 11.1 Å². The van der Waals surface area contributed by atoms with Crippen molar-refractivity contribution >= 4 is 11.6 Å². The summed E-state index contributed by atoms with van der Waals surface area (Å²) in [5.41, 5.74) is 6.47. The Kier molecular flexibility index (Phi) is 2.25. The highest BCUT2D eigenvalue weighted by Crippen LogP contribution is 2.35. The zero-order valence-electron chi connectivity index (χ0n) is 7.99. The van der Waals surface area contributed by atoms with Gasteiger partial charge < -0.3 is 11.1 Å². The molecule has 0 atom stereocenters. The van der Waals surface area contributed by atoms with Crippen molar-refractivity contribution in [3.05, 3.63) is 30.3 Å². The van der Waals surface area contributed by atoms with E-state index in [-0.39, 0.29) is 11.4 Å². The van der Waals surface area contributed by atoms with Gasteiger partial charge in [-0.05, 0) is 25.0 Å². The molecule has 2 rings (SSSR count). The van der Waals surface area contributed by atoms with Gasteiger partial charge in [-0.15, -0.1) is 0 Å². The second-order valence-corrected chi connectivity index (χ2v) is 3.95. The summed E-state index contributed by atoms with van der Waals surface area (Å²) in [6.45, 7) is 0. The fourth-order valence-electron chi connectivity index (χ4n) is 1.38. The second-order valence-electron chi connectivity index (χ2n) is 3.95. The SMILES string of the molecule is NC1(CC(=O)Nc2ccccc2)CC1. The molecule has 0 heterocycles. The van der Waals surface area contributed by atoms with Crippen LogP contribution in [0.1, 0.15) is 19.3 Å². The van der Waals surface area contributed by atoms with E-state index in [2.05, 4.69) is 5.32 Å². The topological polar surface area (TPSA) is 55.1 Å². The average molecular weight is 190 g/mol. The first-order valence-electron chi connectivity index (χ1n) is 4.82. The third-order valence-electron chi connectivity index (χ3n) is 2.46. The fraction of sp³-hybridized carbons (Fsp3) is 0.364. The quantitative estimate of drug-likeness (QED) is 0.759. The third-order valence-corrected chi connectivity index (χ3v) is 2.46. The number of amides is 1. The molecule has 1 aromatic rings. The number of anilines is 1. The van der Waals surface area contributed by atoms with E-state index in [0.29, 0.717) is 6.42 Å². The zero-order valence-corrected chi connectivity index (χ0v) is 7.99. The molecule has 3 N–H and O–H groups in total. The molecule has 0 spiro atoms. The van der Waals surface area contributed by atoms with Gasteiger partial charge in [-0.2, -0.15) is 0 Å². The number of para-hydroxylation sites is 1. The van der Waals surface area contributed by atoms with E-state index in [1.807, 2.05) is 30.3 Å². The summed E-state index contributed by atoms with van der Waals surface area (Å²) in [4.78, 5) is 11.5. The van der Waals surface area contributed by atoms with Gasteiger partial charge in [-0.3, -0.25) is 4.79 Å². The second kappa shape index (κ2) is 3.42. The molecular formula is C11H14N2O. The summed E-state index contributed by atoms with van der Waals surface area (Å²) < 4.78 is 0. The Morgan fingerprint density at radius 3 is 2.57 bits per heavy atom. The molecule has 1 fully saturated rings. The predicted octanol–water partition coefficient (Wildman–Crippen LogP) is 1.51. The van der Waals surface area contributed by atoms with E-state index in [1.54, 1.807) is 0 Å². The summed E-state index contributed by atoms with van der Waals surface area (Å²) >= 11 is 0. The molecule has 74 valence electrons. The smallest absolute Gasteiger partial charge is 0.226 e. The molecule has 0 saturated heterocycles. The summed E-state index contributed by atoms with van der Waals surface area (Å²) in [5.74, 6) is 0.0104. The molecule has 1 saturated carbocycles. The van der Waals surface area contributed by atoms with Gasteiger partial charge in [0.1, 0.15) is 0 Å². The maximum Gasteiger partial charge on any atom is 0.226 e. The van der Waals surface area contributed by atoms with Gasteiger partial charge in [0.25, 0.3) is 0 Å². The lowest BCUT2D eigenvalue weighted by Crippen LogP contribution is -2.28. The fourth-order valence-corrected chi connectivity index (χ4v) is 1.38. The van der Waals surface area contributed by atoms with Crippen molar-refractivity contribution in [3.63, 3.8) is 0 Å². The Balaban J connectivity index is 1.89. The number of hydrogen-bond acceptors (Lipinski definition) is 2. The summed E-state index contributed by atoms with van der Waals surface area (Å²) in [7, 11) is 0. The van der Waals surface area contributed by atoms with E-state index in [1.165, 1.54) is 0 Å². The Hall–Kier alpha value is -1.35. The van der Waals surface area contributed by atoms with Crippen LogP contribution in [0.15, 0.2) is 30.3 Å². The minimum Gasteiger partial charge on any atom is -0.326 e. The van der Waals surface area contributed by atoms with Crippen LogP contribution in [-0.4, -0.2) is 11.4 Å². The molecule has 0 bridgehead atoms. The van der Waals surface area contributed by atoms with E-state index in [4.69, 9.17) is 5.73 Å². The van der Waals surface area contributed by atoms with Crippen molar-refractivity contribution in [1.82, 2.24) is 0 Å². The van der Waals surface area contributed by atoms with Gasteiger partial charge >= 0.3 is 0 Å². The first-order chi connectivity index (χ1) is 6.68. The average Bonchev–Trinajstić information content (AvgIpc) is 2.84. The van der Waals surface area contributed by atoms with E-state index in [0.717, 1.165) is 18.5 Å². The molecule has 0 aliphatic heterocycles. The molecule has 0 aromatic heterocycles. The van der Waals surface area contributed by atoms with Crippen molar-refractivity contribution in [3.8, 4) is 0 Å². The van der Waals surface area contributed by atoms with Crippen molar-refractivity contribution in [1.29, 1.82) is 0 Å².